The minimum atomic E-state index is -0.815. The summed E-state index contributed by atoms with van der Waals surface area (Å²) in [6.07, 6.45) is 0.861. The fourth-order valence-corrected chi connectivity index (χ4v) is 2.97. The molecule has 86 valence electrons. The summed E-state index contributed by atoms with van der Waals surface area (Å²) in [5, 5.41) is 12.3. The SMILES string of the molecule is Cc1cc(Br)c2c(c1)C(C(=O)O)NC(C)C2. The van der Waals surface area contributed by atoms with Gasteiger partial charge >= 0.3 is 5.97 Å². The van der Waals surface area contributed by atoms with Crippen molar-refractivity contribution in [2.45, 2.75) is 32.4 Å². The summed E-state index contributed by atoms with van der Waals surface area (Å²) in [5.41, 5.74) is 3.08. The Labute approximate surface area is 103 Å². The van der Waals surface area contributed by atoms with Crippen molar-refractivity contribution in [1.29, 1.82) is 0 Å². The van der Waals surface area contributed by atoms with Gasteiger partial charge in [0.2, 0.25) is 0 Å². The number of hydrogen-bond acceptors (Lipinski definition) is 2. The average Bonchev–Trinajstić information content (AvgIpc) is 2.18. The highest BCUT2D eigenvalue weighted by atomic mass is 79.9. The van der Waals surface area contributed by atoms with Gasteiger partial charge in [-0.05, 0) is 43.0 Å². The van der Waals surface area contributed by atoms with Crippen LogP contribution in [0.4, 0.5) is 0 Å². The number of aryl methyl sites for hydroxylation is 1. The van der Waals surface area contributed by atoms with Crippen molar-refractivity contribution in [2.24, 2.45) is 0 Å². The van der Waals surface area contributed by atoms with Gasteiger partial charge in [-0.1, -0.05) is 22.0 Å². The summed E-state index contributed by atoms with van der Waals surface area (Å²) in [4.78, 5) is 11.2. The molecule has 16 heavy (non-hydrogen) atoms. The lowest BCUT2D eigenvalue weighted by Gasteiger charge is -2.30. The number of hydrogen-bond donors (Lipinski definition) is 2. The van der Waals surface area contributed by atoms with E-state index in [0.717, 1.165) is 27.6 Å². The van der Waals surface area contributed by atoms with Crippen molar-refractivity contribution in [1.82, 2.24) is 5.32 Å². The average molecular weight is 284 g/mol. The van der Waals surface area contributed by atoms with E-state index in [4.69, 9.17) is 0 Å². The number of carbonyl (C=O) groups is 1. The van der Waals surface area contributed by atoms with Gasteiger partial charge in [-0.25, -0.2) is 0 Å². The molecular formula is C12H14BrNO2. The highest BCUT2D eigenvalue weighted by molar-refractivity contribution is 9.10. The lowest BCUT2D eigenvalue weighted by atomic mass is 9.89. The third kappa shape index (κ3) is 1.99. The van der Waals surface area contributed by atoms with E-state index in [1.807, 2.05) is 26.0 Å². The Morgan fingerprint density at radius 3 is 2.88 bits per heavy atom. The highest BCUT2D eigenvalue weighted by Gasteiger charge is 2.30. The fourth-order valence-electron chi connectivity index (χ4n) is 2.22. The van der Waals surface area contributed by atoms with Crippen LogP contribution in [0, 0.1) is 6.92 Å². The Bertz CT molecular complexity index is 445. The van der Waals surface area contributed by atoms with Crippen molar-refractivity contribution in [3.63, 3.8) is 0 Å². The summed E-state index contributed by atoms with van der Waals surface area (Å²) in [6, 6.07) is 3.59. The number of aliphatic carboxylic acids is 1. The van der Waals surface area contributed by atoms with E-state index < -0.39 is 12.0 Å². The van der Waals surface area contributed by atoms with Crippen molar-refractivity contribution < 1.29 is 9.90 Å². The molecule has 0 amide bonds. The van der Waals surface area contributed by atoms with Crippen molar-refractivity contribution >= 4 is 21.9 Å². The number of benzene rings is 1. The molecule has 2 rings (SSSR count). The van der Waals surface area contributed by atoms with Crippen LogP contribution in [0.25, 0.3) is 0 Å². The second-order valence-corrected chi connectivity index (χ2v) is 5.21. The molecule has 0 fully saturated rings. The molecule has 1 aliphatic rings. The van der Waals surface area contributed by atoms with Crippen LogP contribution in [0.15, 0.2) is 16.6 Å². The quantitative estimate of drug-likeness (QED) is 0.832. The molecule has 0 bridgehead atoms. The first-order valence-electron chi connectivity index (χ1n) is 5.27. The van der Waals surface area contributed by atoms with Crippen molar-refractivity contribution in [2.75, 3.05) is 0 Å². The van der Waals surface area contributed by atoms with Crippen LogP contribution >= 0.6 is 15.9 Å². The third-order valence-electron chi connectivity index (χ3n) is 2.89. The smallest absolute Gasteiger partial charge is 0.325 e. The second kappa shape index (κ2) is 4.18. The molecule has 1 aromatic carbocycles. The molecule has 4 heteroatoms. The number of carboxylic acids is 1. The van der Waals surface area contributed by atoms with Gasteiger partial charge in [0, 0.05) is 10.5 Å². The molecule has 2 atom stereocenters. The predicted molar refractivity (Wildman–Crippen MR) is 65.6 cm³/mol. The first-order valence-corrected chi connectivity index (χ1v) is 6.06. The lowest BCUT2D eigenvalue weighted by molar-refractivity contribution is -0.140. The monoisotopic (exact) mass is 283 g/mol. The maximum Gasteiger partial charge on any atom is 0.325 e. The molecule has 0 radical (unpaired) electrons. The zero-order valence-electron chi connectivity index (χ0n) is 9.25. The van der Waals surface area contributed by atoms with E-state index in [9.17, 15) is 9.90 Å². The van der Waals surface area contributed by atoms with Crippen LogP contribution < -0.4 is 5.32 Å². The van der Waals surface area contributed by atoms with Gasteiger partial charge in [0.15, 0.2) is 0 Å². The molecule has 2 unspecified atom stereocenters. The Morgan fingerprint density at radius 2 is 2.25 bits per heavy atom. The van der Waals surface area contributed by atoms with E-state index in [0.29, 0.717) is 0 Å². The minimum absolute atomic E-state index is 0.188. The van der Waals surface area contributed by atoms with Crippen LogP contribution in [0.5, 0.6) is 0 Å². The van der Waals surface area contributed by atoms with Gasteiger partial charge in [0.1, 0.15) is 6.04 Å². The van der Waals surface area contributed by atoms with E-state index in [2.05, 4.69) is 21.2 Å². The predicted octanol–water partition coefficient (Wildman–Crippen LogP) is 2.42. The Morgan fingerprint density at radius 1 is 1.56 bits per heavy atom. The van der Waals surface area contributed by atoms with Crippen LogP contribution in [0.2, 0.25) is 0 Å². The molecule has 2 N–H and O–H groups in total. The molecule has 3 nitrogen and oxygen atoms in total. The maximum absolute atomic E-state index is 11.2. The van der Waals surface area contributed by atoms with E-state index in [1.54, 1.807) is 0 Å². The first-order chi connectivity index (χ1) is 7.49. The standard InChI is InChI=1S/C12H14BrNO2/c1-6-3-9-8(10(13)4-6)5-7(2)14-11(9)12(15)16/h3-4,7,11,14H,5H2,1-2H3,(H,15,16). The number of carboxylic acid groups (broad SMARTS) is 1. The maximum atomic E-state index is 11.2. The first kappa shape index (κ1) is 11.6. The van der Waals surface area contributed by atoms with E-state index >= 15 is 0 Å². The summed E-state index contributed by atoms with van der Waals surface area (Å²) < 4.78 is 1.02. The Hall–Kier alpha value is -0.870. The zero-order valence-corrected chi connectivity index (χ0v) is 10.8. The van der Waals surface area contributed by atoms with Crippen LogP contribution in [0.1, 0.15) is 29.7 Å². The van der Waals surface area contributed by atoms with E-state index in [1.165, 1.54) is 0 Å². The van der Waals surface area contributed by atoms with Gasteiger partial charge in [0.25, 0.3) is 0 Å². The highest BCUT2D eigenvalue weighted by Crippen LogP contribution is 2.32. The number of halogens is 1. The molecule has 0 aromatic heterocycles. The largest absolute Gasteiger partial charge is 0.480 e. The molecule has 0 spiro atoms. The van der Waals surface area contributed by atoms with Gasteiger partial charge in [-0.2, -0.15) is 0 Å². The van der Waals surface area contributed by atoms with Crippen molar-refractivity contribution in [3.05, 3.63) is 33.3 Å². The summed E-state index contributed by atoms with van der Waals surface area (Å²) in [7, 11) is 0. The molecule has 0 saturated heterocycles. The Kier molecular flexibility index (Phi) is 3.04. The van der Waals surface area contributed by atoms with Crippen LogP contribution in [0.3, 0.4) is 0 Å². The zero-order chi connectivity index (χ0) is 11.9. The summed E-state index contributed by atoms with van der Waals surface area (Å²) in [6.45, 7) is 3.98. The molecule has 1 aromatic rings. The second-order valence-electron chi connectivity index (χ2n) is 4.36. The normalized spacial score (nSPS) is 23.9. The topological polar surface area (TPSA) is 49.3 Å². The van der Waals surface area contributed by atoms with Gasteiger partial charge in [-0.15, -0.1) is 0 Å². The molecule has 0 saturated carbocycles. The molecular weight excluding hydrogens is 270 g/mol. The fraction of sp³-hybridized carbons (Fsp3) is 0.417. The molecule has 1 heterocycles. The van der Waals surface area contributed by atoms with Gasteiger partial charge in [-0.3, -0.25) is 10.1 Å². The Balaban J connectivity index is 2.56. The van der Waals surface area contributed by atoms with Crippen LogP contribution in [-0.2, 0) is 11.2 Å². The molecule has 0 aliphatic carbocycles. The molecule has 1 aliphatic heterocycles. The minimum Gasteiger partial charge on any atom is -0.480 e. The number of nitrogens with one attached hydrogen (secondary N) is 1. The lowest BCUT2D eigenvalue weighted by Crippen LogP contribution is -2.41. The number of fused-ring (bicyclic) bond motifs is 1. The third-order valence-corrected chi connectivity index (χ3v) is 3.60. The van der Waals surface area contributed by atoms with Gasteiger partial charge < -0.3 is 5.11 Å². The van der Waals surface area contributed by atoms with Crippen LogP contribution in [-0.4, -0.2) is 17.1 Å². The number of rotatable bonds is 1. The van der Waals surface area contributed by atoms with E-state index in [-0.39, 0.29) is 6.04 Å². The van der Waals surface area contributed by atoms with Crippen molar-refractivity contribution in [3.8, 4) is 0 Å². The van der Waals surface area contributed by atoms with Gasteiger partial charge in [0.05, 0.1) is 0 Å². The summed E-state index contributed by atoms with van der Waals surface area (Å²) in [5.74, 6) is -0.815. The summed E-state index contributed by atoms with van der Waals surface area (Å²) >= 11 is 3.52.